The third kappa shape index (κ3) is 2.66. The van der Waals surface area contributed by atoms with Gasteiger partial charge in [-0.3, -0.25) is 9.59 Å². The number of piperazine rings is 1. The molecule has 1 aliphatic heterocycles. The standard InChI is InChI=1S/C13H23N3O2/c1-13(2,9-14)12(18)16-7-5-15(6-8-16)11(17)10-3-4-10/h10H,3-9,14H2,1-2H3. The van der Waals surface area contributed by atoms with Crippen molar-refractivity contribution in [3.05, 3.63) is 0 Å². The summed E-state index contributed by atoms with van der Waals surface area (Å²) in [5, 5.41) is 0. The fourth-order valence-electron chi connectivity index (χ4n) is 2.23. The van der Waals surface area contributed by atoms with Crippen LogP contribution in [0.25, 0.3) is 0 Å². The molecule has 0 atom stereocenters. The number of carbonyl (C=O) groups is 2. The quantitative estimate of drug-likeness (QED) is 0.773. The topological polar surface area (TPSA) is 66.6 Å². The predicted octanol–water partition coefficient (Wildman–Crippen LogP) is 0.0521. The summed E-state index contributed by atoms with van der Waals surface area (Å²) in [6, 6.07) is 0. The van der Waals surface area contributed by atoms with Crippen molar-refractivity contribution >= 4 is 11.8 Å². The minimum absolute atomic E-state index is 0.100. The normalized spacial score (nSPS) is 21.1. The maximum Gasteiger partial charge on any atom is 0.229 e. The number of nitrogens with two attached hydrogens (primary N) is 1. The van der Waals surface area contributed by atoms with E-state index >= 15 is 0 Å². The van der Waals surface area contributed by atoms with E-state index in [0.717, 1.165) is 12.8 Å². The van der Waals surface area contributed by atoms with E-state index in [0.29, 0.717) is 32.7 Å². The third-order valence-corrected chi connectivity index (χ3v) is 3.89. The highest BCUT2D eigenvalue weighted by molar-refractivity contribution is 5.83. The van der Waals surface area contributed by atoms with Gasteiger partial charge < -0.3 is 15.5 Å². The Hall–Kier alpha value is -1.10. The molecular weight excluding hydrogens is 230 g/mol. The number of hydrogen-bond donors (Lipinski definition) is 1. The van der Waals surface area contributed by atoms with E-state index in [1.165, 1.54) is 0 Å². The average Bonchev–Trinajstić information content (AvgIpc) is 3.21. The fourth-order valence-corrected chi connectivity index (χ4v) is 2.23. The van der Waals surface area contributed by atoms with E-state index in [4.69, 9.17) is 5.73 Å². The highest BCUT2D eigenvalue weighted by Gasteiger charge is 2.37. The van der Waals surface area contributed by atoms with Crippen molar-refractivity contribution in [3.63, 3.8) is 0 Å². The molecule has 1 saturated heterocycles. The van der Waals surface area contributed by atoms with Crippen molar-refractivity contribution in [1.82, 2.24) is 9.80 Å². The minimum Gasteiger partial charge on any atom is -0.339 e. The van der Waals surface area contributed by atoms with Gasteiger partial charge in [0, 0.05) is 38.6 Å². The molecule has 0 unspecified atom stereocenters. The van der Waals surface area contributed by atoms with E-state index in [-0.39, 0.29) is 17.7 Å². The molecule has 0 spiro atoms. The van der Waals surface area contributed by atoms with Gasteiger partial charge >= 0.3 is 0 Å². The first-order chi connectivity index (χ1) is 8.45. The van der Waals surface area contributed by atoms with Gasteiger partial charge in [0.25, 0.3) is 0 Å². The second kappa shape index (κ2) is 4.88. The molecule has 2 fully saturated rings. The zero-order valence-corrected chi connectivity index (χ0v) is 11.3. The lowest BCUT2D eigenvalue weighted by molar-refractivity contribution is -0.145. The van der Waals surface area contributed by atoms with Crippen LogP contribution < -0.4 is 5.73 Å². The molecular formula is C13H23N3O2. The molecule has 5 nitrogen and oxygen atoms in total. The van der Waals surface area contributed by atoms with Crippen molar-refractivity contribution in [2.75, 3.05) is 32.7 Å². The molecule has 1 heterocycles. The maximum atomic E-state index is 12.2. The van der Waals surface area contributed by atoms with Crippen LogP contribution >= 0.6 is 0 Å². The van der Waals surface area contributed by atoms with Crippen LogP contribution in [0.2, 0.25) is 0 Å². The highest BCUT2D eigenvalue weighted by atomic mass is 16.2. The lowest BCUT2D eigenvalue weighted by Crippen LogP contribution is -2.54. The second-order valence-electron chi connectivity index (χ2n) is 5.98. The first kappa shape index (κ1) is 13.3. The van der Waals surface area contributed by atoms with Gasteiger partial charge in [-0.25, -0.2) is 0 Å². The first-order valence-corrected chi connectivity index (χ1v) is 6.74. The maximum absolute atomic E-state index is 12.2. The Labute approximate surface area is 108 Å². The van der Waals surface area contributed by atoms with Crippen LogP contribution in [0.5, 0.6) is 0 Å². The SMILES string of the molecule is CC(C)(CN)C(=O)N1CCN(C(=O)C2CC2)CC1. The van der Waals surface area contributed by atoms with Crippen molar-refractivity contribution in [3.8, 4) is 0 Å². The van der Waals surface area contributed by atoms with E-state index in [1.807, 2.05) is 23.6 Å². The van der Waals surface area contributed by atoms with E-state index in [9.17, 15) is 9.59 Å². The summed E-state index contributed by atoms with van der Waals surface area (Å²) in [6.07, 6.45) is 2.08. The Bertz CT molecular complexity index is 342. The molecule has 2 aliphatic rings. The van der Waals surface area contributed by atoms with Crippen molar-refractivity contribution in [2.24, 2.45) is 17.1 Å². The molecule has 0 aromatic heterocycles. The molecule has 1 aliphatic carbocycles. The average molecular weight is 253 g/mol. The predicted molar refractivity (Wildman–Crippen MR) is 68.7 cm³/mol. The summed E-state index contributed by atoms with van der Waals surface area (Å²) >= 11 is 0. The third-order valence-electron chi connectivity index (χ3n) is 3.89. The van der Waals surface area contributed by atoms with Crippen molar-refractivity contribution in [2.45, 2.75) is 26.7 Å². The molecule has 2 N–H and O–H groups in total. The first-order valence-electron chi connectivity index (χ1n) is 6.74. The van der Waals surface area contributed by atoms with Crippen LogP contribution in [0.15, 0.2) is 0 Å². The summed E-state index contributed by atoms with van der Waals surface area (Å²) in [6.45, 7) is 6.71. The molecule has 2 rings (SSSR count). The number of carbonyl (C=O) groups excluding carboxylic acids is 2. The molecule has 0 radical (unpaired) electrons. The summed E-state index contributed by atoms with van der Waals surface area (Å²) < 4.78 is 0. The van der Waals surface area contributed by atoms with Crippen LogP contribution in [-0.4, -0.2) is 54.3 Å². The summed E-state index contributed by atoms with van der Waals surface area (Å²) in [5.41, 5.74) is 5.13. The molecule has 102 valence electrons. The van der Waals surface area contributed by atoms with E-state index in [2.05, 4.69) is 0 Å². The van der Waals surface area contributed by atoms with Gasteiger partial charge in [0.2, 0.25) is 11.8 Å². The lowest BCUT2D eigenvalue weighted by Gasteiger charge is -2.38. The second-order valence-corrected chi connectivity index (χ2v) is 5.98. The number of nitrogens with zero attached hydrogens (tertiary/aromatic N) is 2. The summed E-state index contributed by atoms with van der Waals surface area (Å²) in [7, 11) is 0. The number of amides is 2. The molecule has 0 aromatic rings. The molecule has 2 amide bonds. The Morgan fingerprint density at radius 1 is 1.11 bits per heavy atom. The van der Waals surface area contributed by atoms with Gasteiger partial charge in [-0.15, -0.1) is 0 Å². The van der Waals surface area contributed by atoms with Crippen molar-refractivity contribution in [1.29, 1.82) is 0 Å². The van der Waals surface area contributed by atoms with Gasteiger partial charge in [0.1, 0.15) is 0 Å². The Morgan fingerprint density at radius 2 is 1.61 bits per heavy atom. The number of hydrogen-bond acceptors (Lipinski definition) is 3. The zero-order chi connectivity index (χ0) is 13.3. The van der Waals surface area contributed by atoms with Crippen LogP contribution in [0.4, 0.5) is 0 Å². The number of rotatable bonds is 3. The van der Waals surface area contributed by atoms with E-state index < -0.39 is 5.41 Å². The van der Waals surface area contributed by atoms with Gasteiger partial charge in [-0.05, 0) is 26.7 Å². The van der Waals surface area contributed by atoms with Gasteiger partial charge in [0.15, 0.2) is 0 Å². The Morgan fingerprint density at radius 3 is 2.06 bits per heavy atom. The van der Waals surface area contributed by atoms with Gasteiger partial charge in [-0.2, -0.15) is 0 Å². The smallest absolute Gasteiger partial charge is 0.229 e. The molecule has 1 saturated carbocycles. The molecule has 0 bridgehead atoms. The minimum atomic E-state index is -0.497. The van der Waals surface area contributed by atoms with Crippen LogP contribution in [0.1, 0.15) is 26.7 Å². The monoisotopic (exact) mass is 253 g/mol. The van der Waals surface area contributed by atoms with Gasteiger partial charge in [-0.1, -0.05) is 0 Å². The Kier molecular flexibility index (Phi) is 3.61. The lowest BCUT2D eigenvalue weighted by atomic mass is 9.91. The largest absolute Gasteiger partial charge is 0.339 e. The zero-order valence-electron chi connectivity index (χ0n) is 11.3. The van der Waals surface area contributed by atoms with Crippen LogP contribution in [0.3, 0.4) is 0 Å². The Balaban J connectivity index is 1.86. The molecule has 0 aromatic carbocycles. The van der Waals surface area contributed by atoms with Crippen LogP contribution in [-0.2, 0) is 9.59 Å². The van der Waals surface area contributed by atoms with Crippen LogP contribution in [0, 0.1) is 11.3 Å². The molecule has 5 heteroatoms. The summed E-state index contributed by atoms with van der Waals surface area (Å²) in [4.78, 5) is 27.8. The van der Waals surface area contributed by atoms with Gasteiger partial charge in [0.05, 0.1) is 5.41 Å². The van der Waals surface area contributed by atoms with E-state index in [1.54, 1.807) is 0 Å². The highest BCUT2D eigenvalue weighted by Crippen LogP contribution is 2.31. The molecule has 18 heavy (non-hydrogen) atoms. The summed E-state index contributed by atoms with van der Waals surface area (Å²) in [5.74, 6) is 0.649. The van der Waals surface area contributed by atoms with Crippen molar-refractivity contribution < 1.29 is 9.59 Å². The fraction of sp³-hybridized carbons (Fsp3) is 0.846.